The third-order valence-electron chi connectivity index (χ3n) is 10.0. The zero-order valence-electron chi connectivity index (χ0n) is 33.3. The molecule has 0 unspecified atom stereocenters. The molecule has 6 aromatic carbocycles. The van der Waals surface area contributed by atoms with E-state index in [-0.39, 0.29) is 23.9 Å². The molecule has 2 atom stereocenters. The summed E-state index contributed by atoms with van der Waals surface area (Å²) in [4.78, 5) is 28.6. The van der Waals surface area contributed by atoms with Gasteiger partial charge in [-0.3, -0.25) is 9.59 Å². The van der Waals surface area contributed by atoms with Crippen LogP contribution in [0.5, 0.6) is 11.5 Å². The van der Waals surface area contributed by atoms with E-state index < -0.39 is 0 Å². The minimum atomic E-state index is -0.323. The van der Waals surface area contributed by atoms with Crippen LogP contribution in [0.1, 0.15) is 65.2 Å². The van der Waals surface area contributed by atoms with Crippen molar-refractivity contribution in [1.29, 1.82) is 0 Å². The van der Waals surface area contributed by atoms with Gasteiger partial charge in [-0.2, -0.15) is 0 Å². The number of rotatable bonds is 15. The van der Waals surface area contributed by atoms with E-state index in [4.69, 9.17) is 9.47 Å². The molecular formula is C50H52N2O4. The molecule has 56 heavy (non-hydrogen) atoms. The van der Waals surface area contributed by atoms with Crippen molar-refractivity contribution in [3.05, 3.63) is 189 Å². The smallest absolute Gasteiger partial charge is 0.252 e. The molecule has 0 aliphatic rings. The first-order valence-corrected chi connectivity index (χ1v) is 19.3. The van der Waals surface area contributed by atoms with Gasteiger partial charge in [-0.15, -0.1) is 0 Å². The quantitative estimate of drug-likeness (QED) is 0.110. The average Bonchev–Trinajstić information content (AvgIpc) is 3.17. The Labute approximate surface area is 331 Å². The SMILES string of the molecule is Cc1cc(C)c(OC[C@H](Cc2ccccc2)NC(=O)c2ccccc2-c2ccccc2C(=O)N[C@H](COc2c(C)cc(C)cc2C)Cc2ccccc2)c(C)c1. The number of nitrogens with one attached hydrogen (secondary N) is 2. The van der Waals surface area contributed by atoms with Crippen molar-refractivity contribution in [2.45, 2.75) is 66.5 Å². The highest BCUT2D eigenvalue weighted by molar-refractivity contribution is 6.06. The summed E-state index contributed by atoms with van der Waals surface area (Å²) >= 11 is 0. The minimum Gasteiger partial charge on any atom is -0.491 e. The third kappa shape index (κ3) is 10.1. The number of ether oxygens (including phenoxy) is 2. The molecule has 0 saturated carbocycles. The molecule has 6 nitrogen and oxygen atoms in total. The number of carbonyl (C=O) groups is 2. The van der Waals surface area contributed by atoms with Crippen molar-refractivity contribution < 1.29 is 19.1 Å². The molecule has 2 N–H and O–H groups in total. The molecule has 0 aliphatic heterocycles. The van der Waals surface area contributed by atoms with Crippen LogP contribution in [0.15, 0.2) is 133 Å². The molecular weight excluding hydrogens is 693 g/mol. The molecule has 6 aromatic rings. The van der Waals surface area contributed by atoms with Crippen LogP contribution in [-0.2, 0) is 12.8 Å². The Morgan fingerprint density at radius 2 is 0.786 bits per heavy atom. The van der Waals surface area contributed by atoms with Crippen molar-refractivity contribution in [1.82, 2.24) is 10.6 Å². The van der Waals surface area contributed by atoms with Gasteiger partial charge in [0.05, 0.1) is 12.1 Å². The van der Waals surface area contributed by atoms with Gasteiger partial charge < -0.3 is 20.1 Å². The molecule has 6 rings (SSSR count). The second-order valence-corrected chi connectivity index (χ2v) is 14.9. The van der Waals surface area contributed by atoms with E-state index >= 15 is 0 Å². The molecule has 0 bridgehead atoms. The Bertz CT molecular complexity index is 2070. The van der Waals surface area contributed by atoms with Gasteiger partial charge in [-0.05, 0) is 111 Å². The summed E-state index contributed by atoms with van der Waals surface area (Å²) in [6.45, 7) is 12.9. The van der Waals surface area contributed by atoms with Crippen LogP contribution in [0.25, 0.3) is 11.1 Å². The van der Waals surface area contributed by atoms with Crippen LogP contribution in [0.3, 0.4) is 0 Å². The second-order valence-electron chi connectivity index (χ2n) is 14.9. The maximum atomic E-state index is 14.3. The number of benzene rings is 6. The van der Waals surface area contributed by atoms with Gasteiger partial charge in [0.1, 0.15) is 24.7 Å². The molecule has 2 amide bonds. The van der Waals surface area contributed by atoms with Crippen LogP contribution >= 0.6 is 0 Å². The van der Waals surface area contributed by atoms with Gasteiger partial charge in [-0.1, -0.05) is 132 Å². The minimum absolute atomic E-state index is 0.239. The summed E-state index contributed by atoms with van der Waals surface area (Å²) in [6.07, 6.45) is 1.18. The van der Waals surface area contributed by atoms with E-state index in [1.807, 2.05) is 113 Å². The number of hydrogen-bond donors (Lipinski definition) is 2. The van der Waals surface area contributed by atoms with Crippen molar-refractivity contribution >= 4 is 11.8 Å². The highest BCUT2D eigenvalue weighted by atomic mass is 16.5. The molecule has 0 heterocycles. The molecule has 0 spiro atoms. The average molecular weight is 745 g/mol. The number of hydrogen-bond acceptors (Lipinski definition) is 4. The van der Waals surface area contributed by atoms with Gasteiger partial charge in [0.25, 0.3) is 11.8 Å². The largest absolute Gasteiger partial charge is 0.491 e. The van der Waals surface area contributed by atoms with E-state index in [1.165, 1.54) is 11.1 Å². The Hall–Kier alpha value is -6.14. The van der Waals surface area contributed by atoms with Gasteiger partial charge in [0.2, 0.25) is 0 Å². The van der Waals surface area contributed by atoms with Crippen molar-refractivity contribution in [2.75, 3.05) is 13.2 Å². The molecule has 0 saturated heterocycles. The lowest BCUT2D eigenvalue weighted by atomic mass is 9.94. The summed E-state index contributed by atoms with van der Waals surface area (Å²) in [5.41, 5.74) is 11.1. The van der Waals surface area contributed by atoms with E-state index in [2.05, 4.69) is 73.0 Å². The molecule has 0 aromatic heterocycles. The highest BCUT2D eigenvalue weighted by Gasteiger charge is 2.23. The van der Waals surface area contributed by atoms with Gasteiger partial charge in [0, 0.05) is 11.1 Å². The lowest BCUT2D eigenvalue weighted by Crippen LogP contribution is -2.41. The summed E-state index contributed by atoms with van der Waals surface area (Å²) in [7, 11) is 0. The summed E-state index contributed by atoms with van der Waals surface area (Å²) < 4.78 is 12.9. The van der Waals surface area contributed by atoms with Crippen molar-refractivity contribution in [2.24, 2.45) is 0 Å². The number of amides is 2. The lowest BCUT2D eigenvalue weighted by molar-refractivity contribution is 0.0912. The van der Waals surface area contributed by atoms with E-state index in [1.54, 1.807) is 0 Å². The predicted molar refractivity (Wildman–Crippen MR) is 227 cm³/mol. The monoisotopic (exact) mass is 744 g/mol. The number of aryl methyl sites for hydroxylation is 6. The maximum absolute atomic E-state index is 14.3. The Kier molecular flexibility index (Phi) is 13.0. The third-order valence-corrected chi connectivity index (χ3v) is 10.0. The number of carbonyl (C=O) groups excluding carboxylic acids is 2. The fourth-order valence-electron chi connectivity index (χ4n) is 7.62. The fourth-order valence-corrected chi connectivity index (χ4v) is 7.62. The van der Waals surface area contributed by atoms with Crippen LogP contribution in [-0.4, -0.2) is 37.1 Å². The molecule has 0 radical (unpaired) electrons. The normalized spacial score (nSPS) is 12.0. The molecule has 6 heteroatoms. The first-order valence-electron chi connectivity index (χ1n) is 19.3. The van der Waals surface area contributed by atoms with Crippen LogP contribution in [0.4, 0.5) is 0 Å². The predicted octanol–water partition coefficient (Wildman–Crippen LogP) is 10.0. The first kappa shape index (κ1) is 39.6. The van der Waals surface area contributed by atoms with Gasteiger partial charge in [0.15, 0.2) is 0 Å². The Balaban J connectivity index is 1.25. The van der Waals surface area contributed by atoms with E-state index in [9.17, 15) is 9.59 Å². The maximum Gasteiger partial charge on any atom is 0.252 e. The van der Waals surface area contributed by atoms with Crippen molar-refractivity contribution in [3.8, 4) is 22.6 Å². The summed E-state index contributed by atoms with van der Waals surface area (Å²) in [6, 6.07) is 42.9. The molecule has 286 valence electrons. The zero-order valence-corrected chi connectivity index (χ0v) is 33.3. The summed E-state index contributed by atoms with van der Waals surface area (Å²) in [5, 5.41) is 6.57. The van der Waals surface area contributed by atoms with Gasteiger partial charge in [-0.25, -0.2) is 0 Å². The first-order chi connectivity index (χ1) is 27.0. The molecule has 0 aliphatic carbocycles. The van der Waals surface area contributed by atoms with Crippen LogP contribution < -0.4 is 20.1 Å². The van der Waals surface area contributed by atoms with E-state index in [0.29, 0.717) is 48.3 Å². The topological polar surface area (TPSA) is 76.7 Å². The van der Waals surface area contributed by atoms with E-state index in [0.717, 1.165) is 44.9 Å². The molecule has 0 fully saturated rings. The zero-order chi connectivity index (χ0) is 39.6. The Morgan fingerprint density at radius 3 is 1.14 bits per heavy atom. The van der Waals surface area contributed by atoms with Gasteiger partial charge >= 0.3 is 0 Å². The van der Waals surface area contributed by atoms with Crippen LogP contribution in [0, 0.1) is 41.5 Å². The lowest BCUT2D eigenvalue weighted by Gasteiger charge is -2.23. The summed E-state index contributed by atoms with van der Waals surface area (Å²) in [5.74, 6) is 1.19. The van der Waals surface area contributed by atoms with Crippen molar-refractivity contribution in [3.63, 3.8) is 0 Å². The van der Waals surface area contributed by atoms with Crippen LogP contribution in [0.2, 0.25) is 0 Å². The second kappa shape index (κ2) is 18.5. The highest BCUT2D eigenvalue weighted by Crippen LogP contribution is 2.29. The Morgan fingerprint density at radius 1 is 0.464 bits per heavy atom. The standard InChI is InChI=1S/C50H52N2O4/c1-33-25-35(3)47(36(4)26-33)55-31-41(29-39-17-9-7-10-18-39)51-49(53)45-23-15-13-21-43(45)44-22-14-16-24-46(44)50(54)52-42(30-40-19-11-8-12-20-40)32-56-48-37(5)27-34(2)28-38(48)6/h7-28,41-42H,29-32H2,1-6H3,(H,51,53)(H,52,54)/t41-,42-/m0/s1. The fraction of sp³-hybridized carbons (Fsp3) is 0.240.